The lowest BCUT2D eigenvalue weighted by Gasteiger charge is -2.19. The van der Waals surface area contributed by atoms with E-state index in [4.69, 9.17) is 9.47 Å². The minimum Gasteiger partial charge on any atom is -0.454 e. The van der Waals surface area contributed by atoms with Gasteiger partial charge in [0.2, 0.25) is 6.79 Å². The second-order valence-electron chi connectivity index (χ2n) is 4.69. The van der Waals surface area contributed by atoms with Crippen molar-refractivity contribution >= 4 is 5.69 Å². The Morgan fingerprint density at radius 3 is 2.75 bits per heavy atom. The molecule has 2 aromatic carbocycles. The minimum absolute atomic E-state index is 0.0726. The van der Waals surface area contributed by atoms with Crippen molar-refractivity contribution in [1.82, 2.24) is 0 Å². The van der Waals surface area contributed by atoms with Crippen molar-refractivity contribution in [2.24, 2.45) is 0 Å². The summed E-state index contributed by atoms with van der Waals surface area (Å²) in [6.07, 6.45) is 0.787. The molecule has 0 bridgehead atoms. The van der Waals surface area contributed by atoms with Crippen LogP contribution >= 0.6 is 0 Å². The number of benzene rings is 2. The highest BCUT2D eigenvalue weighted by Crippen LogP contribution is 2.35. The smallest absolute Gasteiger partial charge is 0.231 e. The summed E-state index contributed by atoms with van der Waals surface area (Å²) in [4.78, 5) is 0. The van der Waals surface area contributed by atoms with Gasteiger partial charge in [0.25, 0.3) is 0 Å². The number of fused-ring (bicyclic) bond motifs is 1. The first-order valence-corrected chi connectivity index (χ1v) is 6.68. The van der Waals surface area contributed by atoms with Crippen molar-refractivity contribution < 1.29 is 13.9 Å². The average molecular weight is 273 g/mol. The Morgan fingerprint density at radius 2 is 1.95 bits per heavy atom. The highest BCUT2D eigenvalue weighted by molar-refractivity contribution is 5.56. The van der Waals surface area contributed by atoms with E-state index in [0.29, 0.717) is 5.56 Å². The van der Waals surface area contributed by atoms with E-state index in [1.807, 2.05) is 37.3 Å². The number of hydrogen-bond acceptors (Lipinski definition) is 3. The summed E-state index contributed by atoms with van der Waals surface area (Å²) in [5.74, 6) is 1.28. The SMILES string of the molecule is CCC(Nc1ccc2c(c1)OCO2)c1ccccc1F. The molecular weight excluding hydrogens is 257 g/mol. The van der Waals surface area contributed by atoms with Gasteiger partial charge in [0.15, 0.2) is 11.5 Å². The fourth-order valence-corrected chi connectivity index (χ4v) is 2.34. The van der Waals surface area contributed by atoms with Crippen molar-refractivity contribution in [3.63, 3.8) is 0 Å². The summed E-state index contributed by atoms with van der Waals surface area (Å²) in [6, 6.07) is 12.4. The van der Waals surface area contributed by atoms with Crippen LogP contribution in [0.2, 0.25) is 0 Å². The van der Waals surface area contributed by atoms with Crippen LogP contribution in [0.1, 0.15) is 24.9 Å². The van der Waals surface area contributed by atoms with Crippen LogP contribution in [0.15, 0.2) is 42.5 Å². The Labute approximate surface area is 117 Å². The first-order chi connectivity index (χ1) is 9.78. The summed E-state index contributed by atoms with van der Waals surface area (Å²) in [6.45, 7) is 2.28. The largest absolute Gasteiger partial charge is 0.454 e. The zero-order valence-corrected chi connectivity index (χ0v) is 11.2. The van der Waals surface area contributed by atoms with Gasteiger partial charge in [0, 0.05) is 17.3 Å². The van der Waals surface area contributed by atoms with Gasteiger partial charge in [0.1, 0.15) is 5.82 Å². The third kappa shape index (κ3) is 2.41. The van der Waals surface area contributed by atoms with Crippen LogP contribution < -0.4 is 14.8 Å². The van der Waals surface area contributed by atoms with Crippen LogP contribution in [-0.2, 0) is 0 Å². The first kappa shape index (κ1) is 12.8. The van der Waals surface area contributed by atoms with E-state index in [2.05, 4.69) is 5.32 Å². The molecule has 0 saturated heterocycles. The van der Waals surface area contributed by atoms with Crippen molar-refractivity contribution in [3.05, 3.63) is 53.8 Å². The standard InChI is InChI=1S/C16H16FNO2/c1-2-14(12-5-3-4-6-13(12)17)18-11-7-8-15-16(9-11)20-10-19-15/h3-9,14,18H,2,10H2,1H3. The van der Waals surface area contributed by atoms with Gasteiger partial charge in [-0.1, -0.05) is 25.1 Å². The number of halogens is 1. The third-order valence-corrected chi connectivity index (χ3v) is 3.40. The quantitative estimate of drug-likeness (QED) is 0.909. The molecule has 0 saturated carbocycles. The monoisotopic (exact) mass is 273 g/mol. The molecule has 1 N–H and O–H groups in total. The average Bonchev–Trinajstić information content (AvgIpc) is 2.93. The van der Waals surface area contributed by atoms with E-state index in [-0.39, 0.29) is 18.7 Å². The highest BCUT2D eigenvalue weighted by Gasteiger charge is 2.16. The molecule has 0 aliphatic carbocycles. The van der Waals surface area contributed by atoms with E-state index in [1.54, 1.807) is 6.07 Å². The van der Waals surface area contributed by atoms with Crippen LogP contribution in [0, 0.1) is 5.82 Å². The molecule has 0 amide bonds. The molecule has 3 nitrogen and oxygen atoms in total. The Morgan fingerprint density at radius 1 is 1.15 bits per heavy atom. The van der Waals surface area contributed by atoms with Crippen LogP contribution in [0.3, 0.4) is 0 Å². The molecule has 0 aromatic heterocycles. The number of rotatable bonds is 4. The third-order valence-electron chi connectivity index (χ3n) is 3.40. The fraction of sp³-hybridized carbons (Fsp3) is 0.250. The van der Waals surface area contributed by atoms with Gasteiger partial charge in [-0.15, -0.1) is 0 Å². The summed E-state index contributed by atoms with van der Waals surface area (Å²) in [7, 11) is 0. The predicted molar refractivity (Wildman–Crippen MR) is 75.6 cm³/mol. The summed E-state index contributed by atoms with van der Waals surface area (Å²) >= 11 is 0. The number of nitrogens with one attached hydrogen (secondary N) is 1. The van der Waals surface area contributed by atoms with Crippen molar-refractivity contribution in [3.8, 4) is 11.5 Å². The lowest BCUT2D eigenvalue weighted by molar-refractivity contribution is 0.174. The Hall–Kier alpha value is -2.23. The summed E-state index contributed by atoms with van der Waals surface area (Å²) < 4.78 is 24.5. The Bertz CT molecular complexity index is 615. The molecule has 4 heteroatoms. The van der Waals surface area contributed by atoms with Crippen molar-refractivity contribution in [2.75, 3.05) is 12.1 Å². The highest BCUT2D eigenvalue weighted by atomic mass is 19.1. The second kappa shape index (κ2) is 5.41. The van der Waals surface area contributed by atoms with Gasteiger partial charge in [-0.2, -0.15) is 0 Å². The van der Waals surface area contributed by atoms with E-state index in [9.17, 15) is 4.39 Å². The minimum atomic E-state index is -0.187. The van der Waals surface area contributed by atoms with E-state index >= 15 is 0 Å². The molecule has 0 radical (unpaired) electrons. The number of hydrogen-bond donors (Lipinski definition) is 1. The maximum Gasteiger partial charge on any atom is 0.231 e. The maximum absolute atomic E-state index is 13.9. The topological polar surface area (TPSA) is 30.5 Å². The number of anilines is 1. The predicted octanol–water partition coefficient (Wildman–Crippen LogP) is 4.12. The van der Waals surface area contributed by atoms with Gasteiger partial charge >= 0.3 is 0 Å². The molecule has 1 heterocycles. The van der Waals surface area contributed by atoms with Crippen LogP contribution in [0.4, 0.5) is 10.1 Å². The summed E-state index contributed by atoms with van der Waals surface area (Å²) in [5.41, 5.74) is 1.57. The Balaban J connectivity index is 1.83. The molecule has 1 aliphatic rings. The van der Waals surface area contributed by atoms with E-state index in [1.165, 1.54) is 6.07 Å². The molecule has 0 fully saturated rings. The molecule has 1 atom stereocenters. The zero-order valence-electron chi connectivity index (χ0n) is 11.2. The Kier molecular flexibility index (Phi) is 3.46. The molecule has 1 unspecified atom stereocenters. The maximum atomic E-state index is 13.9. The van der Waals surface area contributed by atoms with Crippen LogP contribution in [0.5, 0.6) is 11.5 Å². The molecule has 0 spiro atoms. The number of ether oxygens (including phenoxy) is 2. The normalized spacial score (nSPS) is 14.1. The molecule has 2 aromatic rings. The summed E-state index contributed by atoms with van der Waals surface area (Å²) in [5, 5.41) is 3.34. The molecule has 20 heavy (non-hydrogen) atoms. The van der Waals surface area contributed by atoms with Gasteiger partial charge in [-0.05, 0) is 24.6 Å². The first-order valence-electron chi connectivity index (χ1n) is 6.68. The van der Waals surface area contributed by atoms with Gasteiger partial charge in [0.05, 0.1) is 6.04 Å². The van der Waals surface area contributed by atoms with Gasteiger partial charge < -0.3 is 14.8 Å². The molecule has 3 rings (SSSR count). The van der Waals surface area contributed by atoms with E-state index < -0.39 is 0 Å². The van der Waals surface area contributed by atoms with E-state index in [0.717, 1.165) is 23.6 Å². The lowest BCUT2D eigenvalue weighted by Crippen LogP contribution is -2.11. The second-order valence-corrected chi connectivity index (χ2v) is 4.69. The molecular formula is C16H16FNO2. The van der Waals surface area contributed by atoms with Crippen LogP contribution in [-0.4, -0.2) is 6.79 Å². The van der Waals surface area contributed by atoms with Gasteiger partial charge in [-0.25, -0.2) is 4.39 Å². The van der Waals surface area contributed by atoms with Crippen molar-refractivity contribution in [1.29, 1.82) is 0 Å². The molecule has 104 valence electrons. The zero-order chi connectivity index (χ0) is 13.9. The van der Waals surface area contributed by atoms with Gasteiger partial charge in [-0.3, -0.25) is 0 Å². The molecule has 1 aliphatic heterocycles. The lowest BCUT2D eigenvalue weighted by atomic mass is 10.0. The van der Waals surface area contributed by atoms with Crippen LogP contribution in [0.25, 0.3) is 0 Å². The van der Waals surface area contributed by atoms with Crippen molar-refractivity contribution in [2.45, 2.75) is 19.4 Å². The fourth-order valence-electron chi connectivity index (χ4n) is 2.34.